The largest absolute Gasteiger partial charge is 0.385 e. The van der Waals surface area contributed by atoms with Crippen molar-refractivity contribution in [3.63, 3.8) is 0 Å². The van der Waals surface area contributed by atoms with Gasteiger partial charge in [-0.05, 0) is 12.5 Å². The van der Waals surface area contributed by atoms with E-state index < -0.39 is 0 Å². The average molecular weight is 362 g/mol. The van der Waals surface area contributed by atoms with E-state index in [0.717, 1.165) is 22.2 Å². The number of nitrogens with zero attached hydrogens (tertiary/aromatic N) is 3. The Hall–Kier alpha value is -2.31. The highest BCUT2D eigenvalue weighted by Gasteiger charge is 2.20. The summed E-state index contributed by atoms with van der Waals surface area (Å²) in [6, 6.07) is 7.40. The van der Waals surface area contributed by atoms with Crippen LogP contribution < -0.4 is 11.2 Å². The predicted molar refractivity (Wildman–Crippen MR) is 99.4 cm³/mol. The van der Waals surface area contributed by atoms with E-state index in [1.807, 2.05) is 29.0 Å². The van der Waals surface area contributed by atoms with E-state index in [2.05, 4.69) is 0 Å². The number of fused-ring (bicyclic) bond motifs is 1. The van der Waals surface area contributed by atoms with Crippen molar-refractivity contribution >= 4 is 22.5 Å². The molecule has 0 aliphatic carbocycles. The SMILES string of the molecule is COCCCn1cc2c(c1-c1ccccc1Cl)c(=O)n(C)c(=O)n2C. The number of benzene rings is 1. The molecular weight excluding hydrogens is 342 g/mol. The molecule has 0 bridgehead atoms. The van der Waals surface area contributed by atoms with Crippen LogP contribution in [-0.4, -0.2) is 27.4 Å². The van der Waals surface area contributed by atoms with Crippen LogP contribution in [0.3, 0.4) is 0 Å². The molecule has 2 heterocycles. The molecular formula is C18H20ClN3O3. The molecule has 0 saturated carbocycles. The Balaban J connectivity index is 2.38. The molecule has 0 unspecified atom stereocenters. The Morgan fingerprint density at radius 2 is 1.84 bits per heavy atom. The zero-order valence-electron chi connectivity index (χ0n) is 14.5. The van der Waals surface area contributed by atoms with Crippen molar-refractivity contribution in [3.05, 3.63) is 56.3 Å². The van der Waals surface area contributed by atoms with Gasteiger partial charge in [-0.15, -0.1) is 0 Å². The first-order valence-corrected chi connectivity index (χ1v) is 8.38. The summed E-state index contributed by atoms with van der Waals surface area (Å²) in [4.78, 5) is 25.1. The van der Waals surface area contributed by atoms with Gasteiger partial charge in [0.05, 0.1) is 16.6 Å². The molecule has 0 N–H and O–H groups in total. The van der Waals surface area contributed by atoms with Crippen molar-refractivity contribution in [1.82, 2.24) is 13.7 Å². The highest BCUT2D eigenvalue weighted by atomic mass is 35.5. The summed E-state index contributed by atoms with van der Waals surface area (Å²) in [6.45, 7) is 1.26. The van der Waals surface area contributed by atoms with Crippen LogP contribution in [0.25, 0.3) is 22.2 Å². The molecule has 0 radical (unpaired) electrons. The van der Waals surface area contributed by atoms with Gasteiger partial charge in [0.2, 0.25) is 0 Å². The predicted octanol–water partition coefficient (Wildman–Crippen LogP) is 2.40. The van der Waals surface area contributed by atoms with Gasteiger partial charge in [0.25, 0.3) is 5.56 Å². The van der Waals surface area contributed by atoms with Crippen LogP contribution in [0.2, 0.25) is 5.02 Å². The monoisotopic (exact) mass is 361 g/mol. The number of hydrogen-bond acceptors (Lipinski definition) is 3. The van der Waals surface area contributed by atoms with E-state index in [-0.39, 0.29) is 11.2 Å². The molecule has 132 valence electrons. The highest BCUT2D eigenvalue weighted by Crippen LogP contribution is 2.33. The maximum atomic E-state index is 12.8. The number of rotatable bonds is 5. The summed E-state index contributed by atoms with van der Waals surface area (Å²) in [5.41, 5.74) is 1.43. The first kappa shape index (κ1) is 17.5. The number of aromatic nitrogens is 3. The minimum absolute atomic E-state index is 0.321. The van der Waals surface area contributed by atoms with Crippen LogP contribution >= 0.6 is 11.6 Å². The van der Waals surface area contributed by atoms with E-state index in [9.17, 15) is 9.59 Å². The molecule has 0 spiro atoms. The molecule has 6 nitrogen and oxygen atoms in total. The van der Waals surface area contributed by atoms with Crippen molar-refractivity contribution in [2.75, 3.05) is 13.7 Å². The van der Waals surface area contributed by atoms with Gasteiger partial charge in [-0.1, -0.05) is 29.8 Å². The van der Waals surface area contributed by atoms with Gasteiger partial charge in [0.15, 0.2) is 0 Å². The number of ether oxygens (including phenoxy) is 1. The fraction of sp³-hybridized carbons (Fsp3) is 0.333. The van der Waals surface area contributed by atoms with Gasteiger partial charge < -0.3 is 9.30 Å². The van der Waals surface area contributed by atoms with Gasteiger partial charge in [-0.25, -0.2) is 4.79 Å². The van der Waals surface area contributed by atoms with Crippen molar-refractivity contribution in [2.45, 2.75) is 13.0 Å². The van der Waals surface area contributed by atoms with Gasteiger partial charge in [0.1, 0.15) is 0 Å². The molecule has 2 aromatic heterocycles. The molecule has 0 fully saturated rings. The molecule has 0 aliphatic rings. The van der Waals surface area contributed by atoms with E-state index in [4.69, 9.17) is 16.3 Å². The molecule has 0 atom stereocenters. The zero-order chi connectivity index (χ0) is 18.1. The molecule has 0 aliphatic heterocycles. The fourth-order valence-corrected chi connectivity index (χ4v) is 3.31. The number of halogens is 1. The van der Waals surface area contributed by atoms with Crippen LogP contribution in [0.5, 0.6) is 0 Å². The first-order chi connectivity index (χ1) is 12.0. The smallest absolute Gasteiger partial charge is 0.330 e. The topological polar surface area (TPSA) is 58.2 Å². The number of methoxy groups -OCH3 is 1. The molecule has 3 aromatic rings. The minimum atomic E-state index is -0.350. The minimum Gasteiger partial charge on any atom is -0.385 e. The van der Waals surface area contributed by atoms with Gasteiger partial charge in [0, 0.05) is 51.1 Å². The summed E-state index contributed by atoms with van der Waals surface area (Å²) < 4.78 is 9.73. The maximum Gasteiger partial charge on any atom is 0.330 e. The fourth-order valence-electron chi connectivity index (χ4n) is 3.09. The lowest BCUT2D eigenvalue weighted by molar-refractivity contribution is 0.190. The van der Waals surface area contributed by atoms with Crippen molar-refractivity contribution in [2.24, 2.45) is 14.1 Å². The van der Waals surface area contributed by atoms with Crippen LogP contribution in [-0.2, 0) is 25.4 Å². The van der Waals surface area contributed by atoms with Crippen LogP contribution in [0.4, 0.5) is 0 Å². The lowest BCUT2D eigenvalue weighted by Crippen LogP contribution is -2.36. The summed E-state index contributed by atoms with van der Waals surface area (Å²) in [7, 11) is 4.81. The van der Waals surface area contributed by atoms with Crippen LogP contribution in [0.15, 0.2) is 40.1 Å². The standard InChI is InChI=1S/C18H20ClN3O3/c1-20-14-11-22(9-6-10-25-3)16(12-7-4-5-8-13(12)19)15(14)17(23)21(2)18(20)24/h4-5,7-8,11H,6,9-10H2,1-3H3. The van der Waals surface area contributed by atoms with E-state index in [0.29, 0.717) is 29.1 Å². The van der Waals surface area contributed by atoms with Crippen molar-refractivity contribution in [3.8, 4) is 11.3 Å². The van der Waals surface area contributed by atoms with E-state index in [1.165, 1.54) is 11.6 Å². The van der Waals surface area contributed by atoms with Gasteiger partial charge in [-0.2, -0.15) is 0 Å². The Kier molecular flexibility index (Phi) is 4.83. The molecule has 0 saturated heterocycles. The second-order valence-corrected chi connectivity index (χ2v) is 6.37. The Morgan fingerprint density at radius 1 is 1.12 bits per heavy atom. The van der Waals surface area contributed by atoms with E-state index in [1.54, 1.807) is 20.2 Å². The van der Waals surface area contributed by atoms with Crippen LogP contribution in [0.1, 0.15) is 6.42 Å². The Bertz CT molecular complexity index is 1050. The second kappa shape index (κ2) is 6.90. The van der Waals surface area contributed by atoms with Gasteiger partial charge >= 0.3 is 5.69 Å². The average Bonchev–Trinajstić information content (AvgIpc) is 2.98. The Labute approximate surface area is 149 Å². The Morgan fingerprint density at radius 3 is 2.52 bits per heavy atom. The van der Waals surface area contributed by atoms with Crippen molar-refractivity contribution in [1.29, 1.82) is 0 Å². The maximum absolute atomic E-state index is 12.8. The lowest BCUT2D eigenvalue weighted by Gasteiger charge is -2.11. The third kappa shape index (κ3) is 2.92. The number of aryl methyl sites for hydroxylation is 2. The summed E-state index contributed by atoms with van der Waals surface area (Å²) in [5.74, 6) is 0. The van der Waals surface area contributed by atoms with Crippen molar-refractivity contribution < 1.29 is 4.74 Å². The third-order valence-corrected chi connectivity index (χ3v) is 4.72. The molecule has 1 aromatic carbocycles. The van der Waals surface area contributed by atoms with Crippen LogP contribution in [0, 0.1) is 0 Å². The molecule has 25 heavy (non-hydrogen) atoms. The lowest BCUT2D eigenvalue weighted by atomic mass is 10.1. The second-order valence-electron chi connectivity index (χ2n) is 5.96. The third-order valence-electron chi connectivity index (χ3n) is 4.39. The highest BCUT2D eigenvalue weighted by molar-refractivity contribution is 6.33. The quantitative estimate of drug-likeness (QED) is 0.656. The summed E-state index contributed by atoms with van der Waals surface area (Å²) >= 11 is 6.40. The molecule has 0 amide bonds. The first-order valence-electron chi connectivity index (χ1n) is 8.00. The summed E-state index contributed by atoms with van der Waals surface area (Å²) in [6.07, 6.45) is 2.62. The number of hydrogen-bond donors (Lipinski definition) is 0. The van der Waals surface area contributed by atoms with E-state index >= 15 is 0 Å². The normalized spacial score (nSPS) is 11.4. The van der Waals surface area contributed by atoms with Gasteiger partial charge in [-0.3, -0.25) is 13.9 Å². The molecule has 7 heteroatoms. The molecule has 3 rings (SSSR count). The summed E-state index contributed by atoms with van der Waals surface area (Å²) in [5, 5.41) is 1.06. The zero-order valence-corrected chi connectivity index (χ0v) is 15.2.